The molecule has 51 heavy (non-hydrogen) atoms. The zero-order chi connectivity index (χ0) is 34.3. The molecule has 238 valence electrons. The molecule has 0 fully saturated rings. The van der Waals surface area contributed by atoms with Crippen molar-refractivity contribution in [1.29, 1.82) is 10.5 Å². The van der Waals surface area contributed by atoms with E-state index in [2.05, 4.69) is 107 Å². The Morgan fingerprint density at radius 2 is 0.765 bits per heavy atom. The van der Waals surface area contributed by atoms with E-state index in [0.717, 1.165) is 77.6 Å². The quantitative estimate of drug-likeness (QED) is 0.179. The van der Waals surface area contributed by atoms with Crippen LogP contribution in [0.4, 0.5) is 34.1 Å². The van der Waals surface area contributed by atoms with Crippen LogP contribution >= 0.6 is 0 Å². The number of anilines is 6. The van der Waals surface area contributed by atoms with E-state index in [1.54, 1.807) is 0 Å². The molecule has 9 rings (SSSR count). The highest BCUT2D eigenvalue weighted by Crippen LogP contribution is 2.41. The first-order valence-corrected chi connectivity index (χ1v) is 16.7. The number of para-hydroxylation sites is 2. The molecule has 0 unspecified atom stereocenters. The van der Waals surface area contributed by atoms with Crippen molar-refractivity contribution >= 4 is 77.6 Å². The van der Waals surface area contributed by atoms with Crippen molar-refractivity contribution in [2.45, 2.75) is 0 Å². The molecule has 0 aliphatic heterocycles. The van der Waals surface area contributed by atoms with Gasteiger partial charge >= 0.3 is 0 Å². The Hall–Kier alpha value is -7.34. The monoisotopic (exact) mass is 652 g/mol. The number of rotatable bonds is 6. The number of nitrogens with zero attached hydrogens (tertiary/aromatic N) is 4. The highest BCUT2D eigenvalue weighted by molar-refractivity contribution is 6.14. The maximum absolute atomic E-state index is 9.61. The van der Waals surface area contributed by atoms with E-state index in [4.69, 9.17) is 4.42 Å². The smallest absolute Gasteiger partial charge is 0.136 e. The van der Waals surface area contributed by atoms with Gasteiger partial charge in [0, 0.05) is 44.9 Å². The molecule has 8 aromatic carbocycles. The van der Waals surface area contributed by atoms with Gasteiger partial charge in [0.15, 0.2) is 0 Å². The lowest BCUT2D eigenvalue weighted by Crippen LogP contribution is -2.09. The molecule has 0 amide bonds. The van der Waals surface area contributed by atoms with Crippen LogP contribution in [0.2, 0.25) is 0 Å². The van der Waals surface area contributed by atoms with Gasteiger partial charge in [-0.1, -0.05) is 60.7 Å². The summed E-state index contributed by atoms with van der Waals surface area (Å²) in [7, 11) is 0. The van der Waals surface area contributed by atoms with Crippen LogP contribution in [0, 0.1) is 22.7 Å². The second-order valence-electron chi connectivity index (χ2n) is 12.5. The number of fused-ring (bicyclic) bond motifs is 5. The van der Waals surface area contributed by atoms with Crippen LogP contribution in [0.3, 0.4) is 0 Å². The van der Waals surface area contributed by atoms with Gasteiger partial charge in [0.25, 0.3) is 0 Å². The maximum Gasteiger partial charge on any atom is 0.136 e. The van der Waals surface area contributed by atoms with Crippen LogP contribution < -0.4 is 9.80 Å². The fourth-order valence-electron chi connectivity index (χ4n) is 6.99. The molecule has 0 saturated carbocycles. The van der Waals surface area contributed by atoms with Gasteiger partial charge in [-0.3, -0.25) is 0 Å². The van der Waals surface area contributed by atoms with Crippen LogP contribution in [0.15, 0.2) is 174 Å². The minimum Gasteiger partial charge on any atom is -0.456 e. The summed E-state index contributed by atoms with van der Waals surface area (Å²) in [6.45, 7) is 0. The molecule has 5 heteroatoms. The van der Waals surface area contributed by atoms with Gasteiger partial charge in [-0.25, -0.2) is 0 Å². The first kappa shape index (κ1) is 29.8. The summed E-state index contributed by atoms with van der Waals surface area (Å²) in [4.78, 5) is 4.34. The molecule has 0 spiro atoms. The summed E-state index contributed by atoms with van der Waals surface area (Å²) < 4.78 is 6.57. The molecule has 1 heterocycles. The standard InChI is InChI=1S/C46H28N4O/c47-29-31-9-7-15-39(21-31)49(37-11-3-1-4-12-37)41-19-17-33-25-43-44-26-34-18-20-42(24-36(34)28-46(44)51-45(43)27-35(33)23-41)50(38-13-5-2-6-14-38)40-16-8-10-32(22-40)30-48/h1-28H. The van der Waals surface area contributed by atoms with Crippen molar-refractivity contribution in [2.24, 2.45) is 0 Å². The van der Waals surface area contributed by atoms with Gasteiger partial charge in [0.1, 0.15) is 11.2 Å². The minimum atomic E-state index is 0.610. The van der Waals surface area contributed by atoms with Crippen LogP contribution in [-0.4, -0.2) is 0 Å². The van der Waals surface area contributed by atoms with E-state index in [9.17, 15) is 10.5 Å². The van der Waals surface area contributed by atoms with Crippen molar-refractivity contribution in [3.8, 4) is 12.1 Å². The molecular formula is C46H28N4O. The second kappa shape index (κ2) is 12.3. The van der Waals surface area contributed by atoms with Crippen molar-refractivity contribution in [2.75, 3.05) is 9.80 Å². The van der Waals surface area contributed by atoms with Gasteiger partial charge < -0.3 is 14.2 Å². The number of hydrogen-bond acceptors (Lipinski definition) is 5. The summed E-state index contributed by atoms with van der Waals surface area (Å²) in [6, 6.07) is 61.9. The van der Waals surface area contributed by atoms with Crippen molar-refractivity contribution in [3.63, 3.8) is 0 Å². The third-order valence-electron chi connectivity index (χ3n) is 9.37. The number of hydrogen-bond donors (Lipinski definition) is 0. The molecule has 9 aromatic rings. The molecule has 0 atom stereocenters. The molecule has 0 N–H and O–H groups in total. The fourth-order valence-corrected chi connectivity index (χ4v) is 6.99. The highest BCUT2D eigenvalue weighted by Gasteiger charge is 2.17. The predicted octanol–water partition coefficient (Wildman–Crippen LogP) is 12.6. The molecule has 0 aliphatic rings. The van der Waals surface area contributed by atoms with Gasteiger partial charge in [0.2, 0.25) is 0 Å². The van der Waals surface area contributed by atoms with E-state index in [0.29, 0.717) is 11.1 Å². The summed E-state index contributed by atoms with van der Waals surface area (Å²) in [5.74, 6) is 0. The Bertz CT molecular complexity index is 2650. The summed E-state index contributed by atoms with van der Waals surface area (Å²) in [6.07, 6.45) is 0. The molecule has 0 aliphatic carbocycles. The Kier molecular flexibility index (Phi) is 7.17. The lowest BCUT2D eigenvalue weighted by atomic mass is 10.0. The molecular weight excluding hydrogens is 625 g/mol. The largest absolute Gasteiger partial charge is 0.456 e. The van der Waals surface area contributed by atoms with Gasteiger partial charge in [-0.05, 0) is 131 Å². The Morgan fingerprint density at radius 1 is 0.353 bits per heavy atom. The first-order valence-electron chi connectivity index (χ1n) is 16.7. The Morgan fingerprint density at radius 3 is 1.20 bits per heavy atom. The van der Waals surface area contributed by atoms with Gasteiger partial charge in [0.05, 0.1) is 23.3 Å². The number of furan rings is 1. The SMILES string of the molecule is N#Cc1cccc(N(c2ccccc2)c2ccc3cc4c(cc3c2)oc2cc3cc(N(c5ccccc5)c5cccc(C#N)c5)ccc3cc24)c1. The van der Waals surface area contributed by atoms with E-state index in [-0.39, 0.29) is 0 Å². The molecule has 1 aromatic heterocycles. The predicted molar refractivity (Wildman–Crippen MR) is 208 cm³/mol. The van der Waals surface area contributed by atoms with Gasteiger partial charge in [-0.15, -0.1) is 0 Å². The van der Waals surface area contributed by atoms with E-state index >= 15 is 0 Å². The highest BCUT2D eigenvalue weighted by atomic mass is 16.3. The zero-order valence-electron chi connectivity index (χ0n) is 27.4. The Balaban J connectivity index is 1.16. The normalized spacial score (nSPS) is 11.1. The topological polar surface area (TPSA) is 67.2 Å². The number of benzene rings is 8. The third-order valence-corrected chi connectivity index (χ3v) is 9.37. The lowest BCUT2D eigenvalue weighted by Gasteiger charge is -2.26. The van der Waals surface area contributed by atoms with Crippen LogP contribution in [0.25, 0.3) is 43.5 Å². The first-order chi connectivity index (χ1) is 25.1. The van der Waals surface area contributed by atoms with Crippen molar-refractivity contribution in [3.05, 3.63) is 181 Å². The Labute approximate surface area is 294 Å². The van der Waals surface area contributed by atoms with Crippen molar-refractivity contribution in [1.82, 2.24) is 0 Å². The number of nitriles is 2. The second-order valence-corrected chi connectivity index (χ2v) is 12.5. The molecule has 0 bridgehead atoms. The summed E-state index contributed by atoms with van der Waals surface area (Å²) in [5.41, 5.74) is 8.68. The van der Waals surface area contributed by atoms with Crippen LogP contribution in [0.1, 0.15) is 11.1 Å². The van der Waals surface area contributed by atoms with Gasteiger partial charge in [-0.2, -0.15) is 10.5 Å². The zero-order valence-corrected chi connectivity index (χ0v) is 27.4. The van der Waals surface area contributed by atoms with Crippen molar-refractivity contribution < 1.29 is 4.42 Å². The third kappa shape index (κ3) is 5.36. The average molecular weight is 653 g/mol. The molecule has 5 nitrogen and oxygen atoms in total. The van der Waals surface area contributed by atoms with Crippen LogP contribution in [0.5, 0.6) is 0 Å². The summed E-state index contributed by atoms with van der Waals surface area (Å²) in [5, 5.41) is 25.7. The fraction of sp³-hybridized carbons (Fsp3) is 0. The minimum absolute atomic E-state index is 0.610. The van der Waals surface area contributed by atoms with E-state index < -0.39 is 0 Å². The summed E-state index contributed by atoms with van der Waals surface area (Å²) >= 11 is 0. The average Bonchev–Trinajstić information content (AvgIpc) is 3.53. The van der Waals surface area contributed by atoms with E-state index in [1.807, 2.05) is 84.9 Å². The van der Waals surface area contributed by atoms with E-state index in [1.165, 1.54) is 0 Å². The maximum atomic E-state index is 9.61. The molecule has 0 radical (unpaired) electrons. The lowest BCUT2D eigenvalue weighted by molar-refractivity contribution is 0.670. The molecule has 0 saturated heterocycles. The van der Waals surface area contributed by atoms with Crippen LogP contribution in [-0.2, 0) is 0 Å².